The third-order valence-corrected chi connectivity index (χ3v) is 2.93. The normalized spacial score (nSPS) is 9.95. The maximum atomic E-state index is 12.2. The van der Waals surface area contributed by atoms with Crippen molar-refractivity contribution in [2.75, 3.05) is 19.5 Å². The van der Waals surface area contributed by atoms with E-state index in [1.165, 1.54) is 0 Å². The molecule has 2 aromatic rings. The monoisotopic (exact) mass is 271 g/mol. The van der Waals surface area contributed by atoms with Crippen molar-refractivity contribution in [1.29, 1.82) is 0 Å². The summed E-state index contributed by atoms with van der Waals surface area (Å²) in [4.78, 5) is 12.2. The van der Waals surface area contributed by atoms with Gasteiger partial charge < -0.3 is 14.8 Å². The van der Waals surface area contributed by atoms with Crippen LogP contribution in [0, 0.1) is 6.92 Å². The van der Waals surface area contributed by atoms with Crippen molar-refractivity contribution in [2.24, 2.45) is 0 Å². The molecule has 4 heteroatoms. The number of methoxy groups -OCH3 is 2. The molecule has 0 radical (unpaired) electrons. The van der Waals surface area contributed by atoms with Crippen LogP contribution in [0.3, 0.4) is 0 Å². The van der Waals surface area contributed by atoms with E-state index in [0.29, 0.717) is 22.7 Å². The van der Waals surface area contributed by atoms with E-state index in [1.807, 2.05) is 25.1 Å². The largest absolute Gasteiger partial charge is 0.493 e. The van der Waals surface area contributed by atoms with Crippen LogP contribution in [-0.2, 0) is 0 Å². The number of carbonyl (C=O) groups is 1. The molecule has 0 bridgehead atoms. The zero-order valence-electron chi connectivity index (χ0n) is 11.8. The van der Waals surface area contributed by atoms with Gasteiger partial charge in [-0.05, 0) is 31.2 Å². The van der Waals surface area contributed by atoms with Gasteiger partial charge in [-0.3, -0.25) is 4.79 Å². The minimum atomic E-state index is -0.180. The second kappa shape index (κ2) is 6.10. The summed E-state index contributed by atoms with van der Waals surface area (Å²) in [5.74, 6) is 0.908. The third-order valence-electron chi connectivity index (χ3n) is 2.93. The molecule has 0 saturated heterocycles. The van der Waals surface area contributed by atoms with Crippen LogP contribution in [0.2, 0.25) is 0 Å². The lowest BCUT2D eigenvalue weighted by molar-refractivity contribution is 0.102. The molecular weight excluding hydrogens is 254 g/mol. The number of nitrogens with one attached hydrogen (secondary N) is 1. The first kappa shape index (κ1) is 13.9. The lowest BCUT2D eigenvalue weighted by Crippen LogP contribution is -2.13. The lowest BCUT2D eigenvalue weighted by atomic mass is 10.1. The quantitative estimate of drug-likeness (QED) is 0.928. The summed E-state index contributed by atoms with van der Waals surface area (Å²) in [6.07, 6.45) is 0. The molecule has 0 heterocycles. The van der Waals surface area contributed by atoms with Crippen LogP contribution < -0.4 is 14.8 Å². The number of para-hydroxylation sites is 1. The van der Waals surface area contributed by atoms with E-state index in [1.54, 1.807) is 38.5 Å². The molecule has 0 fully saturated rings. The molecule has 0 atom stereocenters. The first-order valence-electron chi connectivity index (χ1n) is 6.24. The summed E-state index contributed by atoms with van der Waals surface area (Å²) in [6.45, 7) is 1.95. The van der Waals surface area contributed by atoms with E-state index in [-0.39, 0.29) is 5.91 Å². The second-order valence-corrected chi connectivity index (χ2v) is 4.36. The van der Waals surface area contributed by atoms with E-state index in [9.17, 15) is 4.79 Å². The Balaban J connectivity index is 2.28. The highest BCUT2D eigenvalue weighted by molar-refractivity contribution is 6.05. The average Bonchev–Trinajstić information content (AvgIpc) is 2.46. The van der Waals surface area contributed by atoms with E-state index in [0.717, 1.165) is 5.56 Å². The Hall–Kier alpha value is -2.49. The molecule has 0 aliphatic heterocycles. The summed E-state index contributed by atoms with van der Waals surface area (Å²) < 4.78 is 10.5. The summed E-state index contributed by atoms with van der Waals surface area (Å²) >= 11 is 0. The van der Waals surface area contributed by atoms with Crippen molar-refractivity contribution in [3.8, 4) is 11.5 Å². The van der Waals surface area contributed by atoms with Gasteiger partial charge in [-0.15, -0.1) is 0 Å². The summed E-state index contributed by atoms with van der Waals surface area (Å²) in [5, 5.41) is 2.84. The number of rotatable bonds is 4. The number of amides is 1. The van der Waals surface area contributed by atoms with Crippen LogP contribution in [-0.4, -0.2) is 20.1 Å². The van der Waals surface area contributed by atoms with Gasteiger partial charge in [-0.2, -0.15) is 0 Å². The van der Waals surface area contributed by atoms with Gasteiger partial charge in [0.05, 0.1) is 19.9 Å². The summed E-state index contributed by atoms with van der Waals surface area (Å²) in [6, 6.07) is 12.8. The lowest BCUT2D eigenvalue weighted by Gasteiger charge is -2.13. The van der Waals surface area contributed by atoms with E-state index >= 15 is 0 Å². The molecule has 1 amide bonds. The van der Waals surface area contributed by atoms with Crippen LogP contribution in [0.25, 0.3) is 0 Å². The van der Waals surface area contributed by atoms with Gasteiger partial charge in [0.1, 0.15) is 0 Å². The number of hydrogen-bond acceptors (Lipinski definition) is 3. The van der Waals surface area contributed by atoms with Gasteiger partial charge >= 0.3 is 0 Å². The third kappa shape index (κ3) is 2.91. The topological polar surface area (TPSA) is 47.6 Å². The maximum absolute atomic E-state index is 12.2. The van der Waals surface area contributed by atoms with Gasteiger partial charge in [-0.25, -0.2) is 0 Å². The highest BCUT2D eigenvalue weighted by Crippen LogP contribution is 2.34. The van der Waals surface area contributed by atoms with Gasteiger partial charge in [-0.1, -0.05) is 23.8 Å². The molecule has 2 aromatic carbocycles. The number of benzene rings is 2. The van der Waals surface area contributed by atoms with Crippen LogP contribution in [0.1, 0.15) is 15.9 Å². The van der Waals surface area contributed by atoms with E-state index in [4.69, 9.17) is 9.47 Å². The van der Waals surface area contributed by atoms with Crippen LogP contribution >= 0.6 is 0 Å². The Morgan fingerprint density at radius 2 is 1.80 bits per heavy atom. The molecule has 0 aliphatic rings. The van der Waals surface area contributed by atoms with Gasteiger partial charge in [0.25, 0.3) is 5.91 Å². The molecule has 0 saturated carbocycles. The first-order chi connectivity index (χ1) is 9.65. The fourth-order valence-corrected chi connectivity index (χ4v) is 1.97. The molecule has 2 rings (SSSR count). The van der Waals surface area contributed by atoms with Crippen molar-refractivity contribution < 1.29 is 14.3 Å². The van der Waals surface area contributed by atoms with Crippen molar-refractivity contribution in [3.63, 3.8) is 0 Å². The Bertz CT molecular complexity index is 623. The van der Waals surface area contributed by atoms with E-state index < -0.39 is 0 Å². The maximum Gasteiger partial charge on any atom is 0.255 e. The Kier molecular flexibility index (Phi) is 4.25. The van der Waals surface area contributed by atoms with Gasteiger partial charge in [0, 0.05) is 5.56 Å². The van der Waals surface area contributed by atoms with Crippen molar-refractivity contribution >= 4 is 11.6 Å². The second-order valence-electron chi connectivity index (χ2n) is 4.36. The number of hydrogen-bond donors (Lipinski definition) is 1. The molecule has 0 unspecified atom stereocenters. The standard InChI is InChI=1S/C16H17NO3/c1-11-6-4-7-12(10-11)16(18)17-13-8-5-9-14(19-2)15(13)20-3/h4-10H,1-3H3,(H,17,18). The highest BCUT2D eigenvalue weighted by atomic mass is 16.5. The number of ether oxygens (including phenoxy) is 2. The number of carbonyl (C=O) groups excluding carboxylic acids is 1. The average molecular weight is 271 g/mol. The minimum absolute atomic E-state index is 0.180. The molecule has 1 N–H and O–H groups in total. The Morgan fingerprint density at radius 3 is 2.45 bits per heavy atom. The summed E-state index contributed by atoms with van der Waals surface area (Å²) in [7, 11) is 3.10. The molecule has 0 aliphatic carbocycles. The van der Waals surface area contributed by atoms with Crippen LogP contribution in [0.15, 0.2) is 42.5 Å². The molecule has 4 nitrogen and oxygen atoms in total. The van der Waals surface area contributed by atoms with Crippen LogP contribution in [0.5, 0.6) is 11.5 Å². The minimum Gasteiger partial charge on any atom is -0.493 e. The molecule has 20 heavy (non-hydrogen) atoms. The predicted molar refractivity (Wildman–Crippen MR) is 78.7 cm³/mol. The van der Waals surface area contributed by atoms with Crippen molar-refractivity contribution in [3.05, 3.63) is 53.6 Å². The number of aryl methyl sites for hydroxylation is 1. The zero-order chi connectivity index (χ0) is 14.5. The molecule has 0 spiro atoms. The highest BCUT2D eigenvalue weighted by Gasteiger charge is 2.13. The zero-order valence-corrected chi connectivity index (χ0v) is 11.8. The van der Waals surface area contributed by atoms with Crippen LogP contribution in [0.4, 0.5) is 5.69 Å². The van der Waals surface area contributed by atoms with E-state index in [2.05, 4.69) is 5.32 Å². The predicted octanol–water partition coefficient (Wildman–Crippen LogP) is 3.26. The SMILES string of the molecule is COc1cccc(NC(=O)c2cccc(C)c2)c1OC. The van der Waals surface area contributed by atoms with Gasteiger partial charge in [0.2, 0.25) is 0 Å². The molecular formula is C16H17NO3. The summed E-state index contributed by atoms with van der Waals surface area (Å²) in [5.41, 5.74) is 2.23. The Labute approximate surface area is 118 Å². The van der Waals surface area contributed by atoms with Crippen molar-refractivity contribution in [2.45, 2.75) is 6.92 Å². The molecule has 0 aromatic heterocycles. The van der Waals surface area contributed by atoms with Gasteiger partial charge in [0.15, 0.2) is 11.5 Å². The fraction of sp³-hybridized carbons (Fsp3) is 0.188. The molecule has 104 valence electrons. The smallest absolute Gasteiger partial charge is 0.255 e. The fourth-order valence-electron chi connectivity index (χ4n) is 1.97. The Morgan fingerprint density at radius 1 is 1.05 bits per heavy atom. The number of anilines is 1. The van der Waals surface area contributed by atoms with Crippen molar-refractivity contribution in [1.82, 2.24) is 0 Å². The first-order valence-corrected chi connectivity index (χ1v) is 6.24.